The largest absolute Gasteiger partial charge is 0.508 e. The molecule has 0 fully saturated rings. The summed E-state index contributed by atoms with van der Waals surface area (Å²) in [4.78, 5) is 0. The average Bonchev–Trinajstić information content (AvgIpc) is 3.07. The number of phenols is 5. The first-order valence-corrected chi connectivity index (χ1v) is 21.4. The number of benzene rings is 4. The van der Waals surface area contributed by atoms with Crippen LogP contribution in [0.25, 0.3) is 0 Å². The highest BCUT2D eigenvalue weighted by molar-refractivity contribution is 5.54. The predicted molar refractivity (Wildman–Crippen MR) is 246 cm³/mol. The van der Waals surface area contributed by atoms with Crippen LogP contribution in [0.5, 0.6) is 28.7 Å². The lowest BCUT2D eigenvalue weighted by Gasteiger charge is -2.31. The Bertz CT molecular complexity index is 1970. The number of aromatic hydroxyl groups is 5. The number of phenolic OH excluding ortho intramolecular Hbond substituents is 5. The van der Waals surface area contributed by atoms with Crippen molar-refractivity contribution in [1.82, 2.24) is 0 Å². The van der Waals surface area contributed by atoms with Crippen LogP contribution in [-0.2, 0) is 27.1 Å². The van der Waals surface area contributed by atoms with E-state index in [4.69, 9.17) is 0 Å². The van der Waals surface area contributed by atoms with Crippen LogP contribution < -0.4 is 0 Å². The molecule has 0 heterocycles. The maximum Gasteiger partial charge on any atom is 0.119 e. The summed E-state index contributed by atoms with van der Waals surface area (Å²) in [6, 6.07) is 15.8. The lowest BCUT2D eigenvalue weighted by Crippen LogP contribution is -2.19. The van der Waals surface area contributed by atoms with Crippen molar-refractivity contribution in [1.29, 1.82) is 0 Å². The fourth-order valence-corrected chi connectivity index (χ4v) is 8.16. The molecule has 0 saturated carbocycles. The van der Waals surface area contributed by atoms with Gasteiger partial charge in [0, 0.05) is 17.0 Å². The average molecular weight is 795 g/mol. The molecule has 0 spiro atoms. The maximum atomic E-state index is 10.9. The molecule has 0 aliphatic carbocycles. The summed E-state index contributed by atoms with van der Waals surface area (Å²) in [6.45, 7) is 40.2. The lowest BCUT2D eigenvalue weighted by atomic mass is 9.74. The quantitative estimate of drug-likeness (QED) is 0.109. The van der Waals surface area contributed by atoms with E-state index in [1.165, 1.54) is 16.7 Å². The van der Waals surface area contributed by atoms with Crippen LogP contribution in [0.4, 0.5) is 0 Å². The molecule has 0 amide bonds. The Hall–Kier alpha value is -4.12. The zero-order chi connectivity index (χ0) is 44.7. The van der Waals surface area contributed by atoms with Crippen molar-refractivity contribution < 1.29 is 25.5 Å². The second-order valence-electron chi connectivity index (χ2n) is 21.5. The molecule has 1 atom stereocenters. The summed E-state index contributed by atoms with van der Waals surface area (Å²) in [5.74, 6) is 1.84. The Labute approximate surface area is 352 Å². The van der Waals surface area contributed by atoms with Crippen molar-refractivity contribution in [3.8, 4) is 28.7 Å². The Kier molecular flexibility index (Phi) is 14.3. The smallest absolute Gasteiger partial charge is 0.119 e. The highest BCUT2D eigenvalue weighted by Gasteiger charge is 2.31. The molecule has 4 aromatic carbocycles. The van der Waals surface area contributed by atoms with Gasteiger partial charge in [-0.25, -0.2) is 0 Å². The number of rotatable bonds is 9. The standard InChI is InChI=1S/C37H52O3.C16H26O2/c1-21(25-18-29(35(5,6)7)32(38)15-22(25)2)14-28(26-19-30(36(8,9)10)33(39)16-23(26)3)27-20-31(37(11,12)13)34(40)17-24(27)4;1-7-15(3,4)11-9-14(18)12(10-13(11)17)16(5,6)8-2/h15-21,28,38-40H,14H2,1-13H3;9-10,17-18H,7-8H2,1-6H3. The zero-order valence-corrected chi connectivity index (χ0v) is 39.6. The van der Waals surface area contributed by atoms with Crippen molar-refractivity contribution in [2.75, 3.05) is 0 Å². The Morgan fingerprint density at radius 2 is 0.655 bits per heavy atom. The van der Waals surface area contributed by atoms with Crippen LogP contribution in [0, 0.1) is 20.8 Å². The molecule has 1 unspecified atom stereocenters. The Balaban J connectivity index is 0.000000417. The normalized spacial score (nSPS) is 13.4. The molecule has 0 saturated heterocycles. The topological polar surface area (TPSA) is 101 Å². The van der Waals surface area contributed by atoms with E-state index in [1.54, 1.807) is 12.1 Å². The molecule has 320 valence electrons. The molecule has 0 aliphatic heterocycles. The summed E-state index contributed by atoms with van der Waals surface area (Å²) < 4.78 is 0. The van der Waals surface area contributed by atoms with Crippen molar-refractivity contribution in [3.63, 3.8) is 0 Å². The number of hydrogen-bond acceptors (Lipinski definition) is 5. The van der Waals surface area contributed by atoms with Crippen molar-refractivity contribution in [2.24, 2.45) is 0 Å². The Morgan fingerprint density at radius 3 is 0.931 bits per heavy atom. The number of hydrogen-bond donors (Lipinski definition) is 5. The van der Waals surface area contributed by atoms with E-state index in [1.807, 2.05) is 18.2 Å². The highest BCUT2D eigenvalue weighted by Crippen LogP contribution is 2.46. The zero-order valence-electron chi connectivity index (χ0n) is 39.6. The van der Waals surface area contributed by atoms with Gasteiger partial charge in [-0.2, -0.15) is 0 Å². The van der Waals surface area contributed by atoms with Gasteiger partial charge in [-0.1, -0.05) is 129 Å². The van der Waals surface area contributed by atoms with Gasteiger partial charge in [-0.05, 0) is 153 Å². The minimum absolute atomic E-state index is 0.0460. The van der Waals surface area contributed by atoms with Crippen LogP contribution in [0.3, 0.4) is 0 Å². The third-order valence-corrected chi connectivity index (χ3v) is 12.8. The van der Waals surface area contributed by atoms with Gasteiger partial charge >= 0.3 is 0 Å². The molecule has 0 aromatic heterocycles. The Morgan fingerprint density at radius 1 is 0.397 bits per heavy atom. The molecule has 4 aromatic rings. The summed E-state index contributed by atoms with van der Waals surface area (Å²) in [5.41, 5.74) is 10.5. The molecule has 58 heavy (non-hydrogen) atoms. The van der Waals surface area contributed by atoms with Crippen LogP contribution in [0.1, 0.15) is 203 Å². The van der Waals surface area contributed by atoms with Crippen LogP contribution in [0.2, 0.25) is 0 Å². The summed E-state index contributed by atoms with van der Waals surface area (Å²) >= 11 is 0. The monoisotopic (exact) mass is 795 g/mol. The third-order valence-electron chi connectivity index (χ3n) is 12.8. The van der Waals surface area contributed by atoms with E-state index in [2.05, 4.69) is 150 Å². The molecule has 5 heteroatoms. The molecular weight excluding hydrogens is 717 g/mol. The van der Waals surface area contributed by atoms with Gasteiger partial charge in [0.15, 0.2) is 0 Å². The second-order valence-corrected chi connectivity index (χ2v) is 21.5. The molecular formula is C53H78O5. The summed E-state index contributed by atoms with van der Waals surface area (Å²) in [5, 5.41) is 53.1. The molecule has 5 N–H and O–H groups in total. The van der Waals surface area contributed by atoms with E-state index in [9.17, 15) is 25.5 Å². The van der Waals surface area contributed by atoms with Gasteiger partial charge in [-0.3, -0.25) is 0 Å². The first-order chi connectivity index (χ1) is 26.3. The van der Waals surface area contributed by atoms with E-state index in [0.717, 1.165) is 63.8 Å². The van der Waals surface area contributed by atoms with E-state index < -0.39 is 0 Å². The van der Waals surface area contributed by atoms with Gasteiger partial charge in [0.25, 0.3) is 0 Å². The molecule has 0 bridgehead atoms. The van der Waals surface area contributed by atoms with Gasteiger partial charge < -0.3 is 25.5 Å². The van der Waals surface area contributed by atoms with Gasteiger partial charge in [0.05, 0.1) is 0 Å². The number of aryl methyl sites for hydroxylation is 3. The predicted octanol–water partition coefficient (Wildman–Crippen LogP) is 14.4. The summed E-state index contributed by atoms with van der Waals surface area (Å²) in [6.07, 6.45) is 2.67. The minimum Gasteiger partial charge on any atom is -0.508 e. The first-order valence-electron chi connectivity index (χ1n) is 21.4. The molecule has 5 nitrogen and oxygen atoms in total. The first kappa shape index (κ1) is 48.3. The van der Waals surface area contributed by atoms with E-state index in [-0.39, 0.29) is 50.4 Å². The van der Waals surface area contributed by atoms with E-state index >= 15 is 0 Å². The maximum absolute atomic E-state index is 10.9. The fraction of sp³-hybridized carbons (Fsp3) is 0.547. The van der Waals surface area contributed by atoms with Crippen molar-refractivity contribution in [3.05, 3.63) is 110 Å². The lowest BCUT2D eigenvalue weighted by molar-refractivity contribution is 0.400. The molecule has 4 rings (SSSR count). The second kappa shape index (κ2) is 17.2. The van der Waals surface area contributed by atoms with Gasteiger partial charge in [0.2, 0.25) is 0 Å². The highest BCUT2D eigenvalue weighted by atomic mass is 16.3. The van der Waals surface area contributed by atoms with Crippen LogP contribution >= 0.6 is 0 Å². The van der Waals surface area contributed by atoms with Crippen molar-refractivity contribution in [2.45, 2.75) is 190 Å². The SMILES string of the molecule is CCC(C)(C)c1cc(O)c(C(C)(C)CC)cc1O.Cc1cc(O)c(C(C)(C)C)cc1C(C)CC(c1cc(C(C)(C)C)c(O)cc1C)c1cc(C(C)(C)C)c(O)cc1C. The van der Waals surface area contributed by atoms with Crippen molar-refractivity contribution >= 4 is 0 Å². The summed E-state index contributed by atoms with van der Waals surface area (Å²) in [7, 11) is 0. The molecule has 0 radical (unpaired) electrons. The van der Waals surface area contributed by atoms with Crippen LogP contribution in [0.15, 0.2) is 48.5 Å². The molecule has 0 aliphatic rings. The van der Waals surface area contributed by atoms with Gasteiger partial charge in [0.1, 0.15) is 28.7 Å². The van der Waals surface area contributed by atoms with Gasteiger partial charge in [-0.15, -0.1) is 0 Å². The van der Waals surface area contributed by atoms with E-state index in [0.29, 0.717) is 17.2 Å². The third kappa shape index (κ3) is 10.7. The van der Waals surface area contributed by atoms with Crippen LogP contribution in [-0.4, -0.2) is 25.5 Å². The minimum atomic E-state index is -0.210. The fourth-order valence-electron chi connectivity index (χ4n) is 8.16.